The molecule has 1 aliphatic heterocycles. The zero-order valence-electron chi connectivity index (χ0n) is 20.7. The Morgan fingerprint density at radius 1 is 1.17 bits per heavy atom. The van der Waals surface area contributed by atoms with E-state index in [1.807, 2.05) is 25.1 Å². The molecule has 3 heterocycles. The van der Waals surface area contributed by atoms with E-state index in [-0.39, 0.29) is 5.78 Å². The number of hydrogen-bond donors (Lipinski definition) is 0. The van der Waals surface area contributed by atoms with Crippen LogP contribution in [-0.2, 0) is 12.8 Å². The maximum atomic E-state index is 12.9. The molecule has 3 aromatic rings. The minimum Gasteiger partial charge on any atom is -0.464 e. The van der Waals surface area contributed by atoms with Gasteiger partial charge in [-0.1, -0.05) is 24.2 Å². The van der Waals surface area contributed by atoms with Crippen LogP contribution in [0.3, 0.4) is 0 Å². The molecular weight excluding hydrogens is 484 g/mol. The molecule has 0 atom stereocenters. The van der Waals surface area contributed by atoms with E-state index in [2.05, 4.69) is 14.9 Å². The summed E-state index contributed by atoms with van der Waals surface area (Å²) in [6.07, 6.45) is 5.67. The van der Waals surface area contributed by atoms with Gasteiger partial charge in [-0.3, -0.25) is 4.79 Å². The van der Waals surface area contributed by atoms with Crippen molar-refractivity contribution >= 4 is 28.2 Å². The molecule has 1 fully saturated rings. The molecule has 6 nitrogen and oxygen atoms in total. The topological polar surface area (TPSA) is 68.5 Å². The number of nitrogens with zero attached hydrogens (tertiary/aromatic N) is 3. The molecular formula is C27H33F2N3O3S. The molecule has 9 heteroatoms. The maximum absolute atomic E-state index is 12.9. The summed E-state index contributed by atoms with van der Waals surface area (Å²) in [4.78, 5) is 25.3. The van der Waals surface area contributed by atoms with Gasteiger partial charge in [-0.05, 0) is 62.3 Å². The third-order valence-electron chi connectivity index (χ3n) is 7.52. The van der Waals surface area contributed by atoms with Gasteiger partial charge in [0.05, 0.1) is 5.69 Å². The van der Waals surface area contributed by atoms with Crippen LogP contribution in [0.5, 0.6) is 5.19 Å². The Bertz CT molecular complexity index is 1160. The van der Waals surface area contributed by atoms with Crippen LogP contribution in [0.4, 0.5) is 8.78 Å². The fourth-order valence-electron chi connectivity index (χ4n) is 5.49. The second-order valence-electron chi connectivity index (χ2n) is 10.1. The number of fused-ring (bicyclic) bond motifs is 2. The first-order valence-electron chi connectivity index (χ1n) is 12.9. The molecule has 2 aliphatic rings. The highest BCUT2D eigenvalue weighted by Crippen LogP contribution is 2.34. The van der Waals surface area contributed by atoms with E-state index in [0.717, 1.165) is 68.0 Å². The van der Waals surface area contributed by atoms with Gasteiger partial charge in [-0.2, -0.15) is 0 Å². The number of Topliss-reactive ketones (excluding diaryl/α,β-unsaturated/α-hetero) is 1. The number of carbonyl (C=O) groups is 1. The van der Waals surface area contributed by atoms with E-state index in [1.165, 1.54) is 35.5 Å². The molecule has 0 spiro atoms. The van der Waals surface area contributed by atoms with Crippen LogP contribution in [0, 0.1) is 18.8 Å². The zero-order valence-corrected chi connectivity index (χ0v) is 21.5. The van der Waals surface area contributed by atoms with E-state index in [9.17, 15) is 13.6 Å². The Morgan fingerprint density at radius 3 is 2.75 bits per heavy atom. The maximum Gasteiger partial charge on any atom is 0.273 e. The Kier molecular flexibility index (Phi) is 7.96. The van der Waals surface area contributed by atoms with Crippen LogP contribution >= 0.6 is 11.3 Å². The standard InChI is InChI=1S/C27H33F2N3O3S/c1-17-30-21-7-6-20(15-24(21)35-17)23(33)14-19-4-2-18(3-5-19)8-11-32-12-9-22-25(10-13-32)36-27(31-22)34-16-26(28)29/h6-7,15,18-19,26H,2-5,8-14,16H2,1H3. The molecule has 0 radical (unpaired) electrons. The molecule has 1 aromatic carbocycles. The van der Waals surface area contributed by atoms with Gasteiger partial charge in [0.1, 0.15) is 5.52 Å². The number of benzene rings is 1. The normalized spacial score (nSPS) is 21.0. The first-order chi connectivity index (χ1) is 17.4. The monoisotopic (exact) mass is 517 g/mol. The second kappa shape index (κ2) is 11.3. The van der Waals surface area contributed by atoms with Crippen LogP contribution in [0.15, 0.2) is 22.6 Å². The Labute approximate surface area is 214 Å². The van der Waals surface area contributed by atoms with Crippen molar-refractivity contribution in [3.8, 4) is 5.19 Å². The SMILES string of the molecule is Cc1nc2ccc(C(=O)CC3CCC(CCN4CCc5nc(OCC(F)F)sc5CC4)CC3)cc2o1. The molecule has 0 saturated heterocycles. The van der Waals surface area contributed by atoms with E-state index < -0.39 is 13.0 Å². The summed E-state index contributed by atoms with van der Waals surface area (Å²) in [6, 6.07) is 5.57. The Hall–Kier alpha value is -2.39. The smallest absolute Gasteiger partial charge is 0.273 e. The van der Waals surface area contributed by atoms with E-state index in [4.69, 9.17) is 9.15 Å². The highest BCUT2D eigenvalue weighted by atomic mass is 32.1. The van der Waals surface area contributed by atoms with Gasteiger partial charge in [-0.15, -0.1) is 0 Å². The first kappa shape index (κ1) is 25.3. The van der Waals surface area contributed by atoms with Gasteiger partial charge in [-0.25, -0.2) is 18.7 Å². The number of alkyl halides is 2. The molecule has 0 amide bonds. The summed E-state index contributed by atoms with van der Waals surface area (Å²) in [5.41, 5.74) is 3.21. The summed E-state index contributed by atoms with van der Waals surface area (Å²) >= 11 is 1.41. The zero-order chi connectivity index (χ0) is 25.1. The van der Waals surface area contributed by atoms with Crippen molar-refractivity contribution in [3.05, 3.63) is 40.2 Å². The van der Waals surface area contributed by atoms with Crippen LogP contribution in [0.2, 0.25) is 0 Å². The summed E-state index contributed by atoms with van der Waals surface area (Å²) in [5.74, 6) is 1.99. The summed E-state index contributed by atoms with van der Waals surface area (Å²) in [6.45, 7) is 4.23. The lowest BCUT2D eigenvalue weighted by Crippen LogP contribution is -2.29. The Morgan fingerprint density at radius 2 is 1.94 bits per heavy atom. The minimum absolute atomic E-state index is 0.197. The van der Waals surface area contributed by atoms with E-state index in [1.54, 1.807) is 0 Å². The molecule has 1 saturated carbocycles. The van der Waals surface area contributed by atoms with Crippen molar-refractivity contribution in [1.82, 2.24) is 14.9 Å². The highest BCUT2D eigenvalue weighted by Gasteiger charge is 2.25. The summed E-state index contributed by atoms with van der Waals surface area (Å²) in [7, 11) is 0. The van der Waals surface area contributed by atoms with Crippen LogP contribution in [0.25, 0.3) is 11.1 Å². The van der Waals surface area contributed by atoms with Crippen molar-refractivity contribution in [2.24, 2.45) is 11.8 Å². The molecule has 2 aromatic heterocycles. The largest absolute Gasteiger partial charge is 0.464 e. The lowest BCUT2D eigenvalue weighted by Gasteiger charge is -2.30. The molecule has 194 valence electrons. The third-order valence-corrected chi connectivity index (χ3v) is 8.59. The number of aromatic nitrogens is 2. The van der Waals surface area contributed by atoms with Crippen molar-refractivity contribution < 1.29 is 22.7 Å². The van der Waals surface area contributed by atoms with Gasteiger partial charge in [0.25, 0.3) is 11.6 Å². The number of rotatable bonds is 9. The number of halogens is 2. The molecule has 0 N–H and O–H groups in total. The molecule has 1 aliphatic carbocycles. The number of aryl methyl sites for hydroxylation is 1. The molecule has 0 bridgehead atoms. The first-order valence-corrected chi connectivity index (χ1v) is 13.8. The Balaban J connectivity index is 1.03. The predicted molar refractivity (Wildman–Crippen MR) is 135 cm³/mol. The van der Waals surface area contributed by atoms with Gasteiger partial charge in [0.2, 0.25) is 0 Å². The van der Waals surface area contributed by atoms with Crippen LogP contribution < -0.4 is 4.74 Å². The predicted octanol–water partition coefficient (Wildman–Crippen LogP) is 6.11. The number of carbonyl (C=O) groups excluding carboxylic acids is 1. The second-order valence-corrected chi connectivity index (χ2v) is 11.2. The van der Waals surface area contributed by atoms with E-state index >= 15 is 0 Å². The fourth-order valence-corrected chi connectivity index (χ4v) is 6.44. The number of ether oxygens (including phenoxy) is 1. The van der Waals surface area contributed by atoms with Crippen molar-refractivity contribution in [2.45, 2.75) is 64.7 Å². The van der Waals surface area contributed by atoms with Crippen molar-refractivity contribution in [3.63, 3.8) is 0 Å². The van der Waals surface area contributed by atoms with Crippen LogP contribution in [-0.4, -0.2) is 53.3 Å². The number of ketones is 1. The van der Waals surface area contributed by atoms with Crippen molar-refractivity contribution in [2.75, 3.05) is 26.2 Å². The third kappa shape index (κ3) is 6.29. The number of oxazole rings is 1. The molecule has 0 unspecified atom stereocenters. The quantitative estimate of drug-likeness (QED) is 0.319. The lowest BCUT2D eigenvalue weighted by molar-refractivity contribution is 0.0816. The van der Waals surface area contributed by atoms with Gasteiger partial charge in [0, 0.05) is 43.3 Å². The van der Waals surface area contributed by atoms with Gasteiger partial charge >= 0.3 is 0 Å². The summed E-state index contributed by atoms with van der Waals surface area (Å²) < 4.78 is 35.4. The van der Waals surface area contributed by atoms with Gasteiger partial charge < -0.3 is 14.1 Å². The lowest BCUT2D eigenvalue weighted by atomic mass is 9.78. The number of thiazole rings is 1. The average Bonchev–Trinajstić information content (AvgIpc) is 3.38. The van der Waals surface area contributed by atoms with Crippen molar-refractivity contribution in [1.29, 1.82) is 0 Å². The number of hydrogen-bond acceptors (Lipinski definition) is 7. The summed E-state index contributed by atoms with van der Waals surface area (Å²) in [5, 5.41) is 0.373. The fraction of sp³-hybridized carbons (Fsp3) is 0.593. The average molecular weight is 518 g/mol. The molecule has 5 rings (SSSR count). The minimum atomic E-state index is -2.47. The van der Waals surface area contributed by atoms with Crippen LogP contribution in [0.1, 0.15) is 65.3 Å². The van der Waals surface area contributed by atoms with Gasteiger partial charge in [0.15, 0.2) is 23.9 Å². The van der Waals surface area contributed by atoms with E-state index in [0.29, 0.717) is 29.0 Å². The molecule has 36 heavy (non-hydrogen) atoms. The highest BCUT2D eigenvalue weighted by molar-refractivity contribution is 7.13.